The van der Waals surface area contributed by atoms with Crippen LogP contribution in [0.1, 0.15) is 181 Å². The van der Waals surface area contributed by atoms with Gasteiger partial charge in [0.25, 0.3) is 5.91 Å². The number of hydrogen-bond acceptors (Lipinski definition) is 13. The lowest BCUT2D eigenvalue weighted by molar-refractivity contribution is 0.0131. The van der Waals surface area contributed by atoms with Crippen LogP contribution in [0.5, 0.6) is 5.75 Å². The number of ether oxygens (including phenoxy) is 4. The first-order valence-corrected chi connectivity index (χ1v) is 45.5. The lowest BCUT2D eigenvalue weighted by atomic mass is 9.68. The van der Waals surface area contributed by atoms with Crippen molar-refractivity contribution in [2.75, 3.05) is 49.0 Å². The summed E-state index contributed by atoms with van der Waals surface area (Å²) in [4.78, 5) is 40.8. The number of amides is 3. The van der Waals surface area contributed by atoms with Gasteiger partial charge in [-0.2, -0.15) is 0 Å². The van der Waals surface area contributed by atoms with Crippen LogP contribution in [-0.2, 0) is 55.8 Å². The molecule has 12 atom stereocenters. The normalized spacial score (nSPS) is 23.5. The van der Waals surface area contributed by atoms with Gasteiger partial charge in [0.1, 0.15) is 47.7 Å². The van der Waals surface area contributed by atoms with Crippen LogP contribution in [0.25, 0.3) is 0 Å². The molecule has 1 fully saturated rings. The second-order valence-corrected chi connectivity index (χ2v) is 47.0. The highest BCUT2D eigenvalue weighted by molar-refractivity contribution is 7.93. The predicted molar refractivity (Wildman–Crippen MR) is 420 cm³/mol. The first-order chi connectivity index (χ1) is 45.2. The summed E-state index contributed by atoms with van der Waals surface area (Å²) in [6.45, 7) is 40.1. The van der Waals surface area contributed by atoms with E-state index in [0.29, 0.717) is 43.3 Å². The first kappa shape index (κ1) is 85.8. The van der Waals surface area contributed by atoms with Gasteiger partial charge in [-0.3, -0.25) is 12.9 Å². The topological polar surface area (TPSA) is 230 Å². The third-order valence-electron chi connectivity index (χ3n) is 19.7. The fourth-order valence-corrected chi connectivity index (χ4v) is 25.5. The maximum absolute atomic E-state index is 13.7. The van der Waals surface area contributed by atoms with Gasteiger partial charge in [-0.1, -0.05) is 180 Å². The minimum absolute atomic E-state index is 0. The predicted octanol–water partition coefficient (Wildman–Crippen LogP) is 19.4. The number of fused-ring (bicyclic) bond motifs is 4. The van der Waals surface area contributed by atoms with Crippen molar-refractivity contribution >= 4 is 81.6 Å². The van der Waals surface area contributed by atoms with Gasteiger partial charge >= 0.3 is 12.2 Å². The number of anilines is 1. The van der Waals surface area contributed by atoms with Gasteiger partial charge in [0.2, 0.25) is 0 Å². The van der Waals surface area contributed by atoms with E-state index in [0.717, 1.165) is 72.8 Å². The van der Waals surface area contributed by atoms with Gasteiger partial charge < -0.3 is 23.8 Å². The summed E-state index contributed by atoms with van der Waals surface area (Å²) in [5.41, 5.74) is 5.41. The van der Waals surface area contributed by atoms with E-state index in [4.69, 9.17) is 43.7 Å². The van der Waals surface area contributed by atoms with Gasteiger partial charge in [0.05, 0.1) is 29.9 Å². The minimum Gasteiger partial charge on any atom is -0.490 e. The zero-order valence-electron chi connectivity index (χ0n) is 60.5. The summed E-state index contributed by atoms with van der Waals surface area (Å²) >= 11 is 6.40. The molecule has 2 aliphatic carbocycles. The second-order valence-electron chi connectivity index (χ2n) is 30.3. The van der Waals surface area contributed by atoms with Crippen LogP contribution in [0.4, 0.5) is 15.3 Å². The summed E-state index contributed by atoms with van der Waals surface area (Å²) in [6, 6.07) is 30.6. The molecule has 4 N–H and O–H groups in total. The Hall–Kier alpha value is -5.60. The zero-order chi connectivity index (χ0) is 72.0. The van der Waals surface area contributed by atoms with Crippen LogP contribution in [0.2, 0.25) is 41.3 Å². The van der Waals surface area contributed by atoms with Gasteiger partial charge in [-0.25, -0.2) is 36.8 Å². The smallest absolute Gasteiger partial charge is 0.420 e. The van der Waals surface area contributed by atoms with E-state index in [1.54, 1.807) is 39.2 Å². The quantitative estimate of drug-likeness (QED) is 0.0665. The van der Waals surface area contributed by atoms with Gasteiger partial charge in [-0.15, -0.1) is 17.5 Å². The Morgan fingerprint density at radius 3 is 1.80 bits per heavy atom. The summed E-state index contributed by atoms with van der Waals surface area (Å²) in [5, 5.41) is 6.68. The van der Waals surface area contributed by atoms with Crippen LogP contribution >= 0.6 is 11.6 Å². The molecule has 1 spiro atoms. The van der Waals surface area contributed by atoms with Gasteiger partial charge in [0, 0.05) is 42.0 Å². The molecule has 3 unspecified atom stereocenters. The van der Waals surface area contributed by atoms with E-state index in [9.17, 15) is 27.0 Å². The highest BCUT2D eigenvalue weighted by atomic mass is 35.5. The number of rotatable bonds is 17. The number of carbonyl (C=O) groups excluding carboxylic acids is 3. The number of nitrogens with zero attached hydrogens (tertiary/aromatic N) is 4. The summed E-state index contributed by atoms with van der Waals surface area (Å²) in [5.74, 6) is 1.95. The van der Waals surface area contributed by atoms with E-state index in [1.165, 1.54) is 11.1 Å². The highest BCUT2D eigenvalue weighted by Gasteiger charge is 2.45. The molecule has 4 aromatic rings. The van der Waals surface area contributed by atoms with Gasteiger partial charge in [-0.05, 0) is 184 Å². The molecule has 2 bridgehead atoms. The van der Waals surface area contributed by atoms with Crippen molar-refractivity contribution in [1.82, 2.24) is 9.44 Å². The molecule has 552 valence electrons. The average Bonchev–Trinajstić information content (AvgIpc) is 1.71. The minimum atomic E-state index is -3.18. The number of aryl methyl sites for hydroxylation is 1. The van der Waals surface area contributed by atoms with Crippen LogP contribution < -0.4 is 24.2 Å². The molecule has 2 aliphatic heterocycles. The third-order valence-corrected chi connectivity index (χ3v) is 37.8. The maximum atomic E-state index is 13.7. The highest BCUT2D eigenvalue weighted by Crippen LogP contribution is 2.48. The number of allylic oxidation sites excluding steroid dienone is 3. The monoisotopic (exact) mass is 1480 g/mol. The molecule has 0 saturated heterocycles. The van der Waals surface area contributed by atoms with Crippen molar-refractivity contribution in [2.24, 2.45) is 47.1 Å². The fraction of sp³-hybridized carbons (Fsp3) is 0.566. The molecule has 4 aromatic carbocycles. The van der Waals surface area contributed by atoms with Crippen molar-refractivity contribution in [2.45, 2.75) is 202 Å². The van der Waals surface area contributed by atoms with Crippen LogP contribution in [0, 0.1) is 29.6 Å². The molecule has 4 aliphatic rings. The molecule has 8 rings (SSSR count). The number of nitrogens with two attached hydrogens (primary N) is 1. The number of halogens is 1. The molecule has 3 amide bonds. The summed E-state index contributed by atoms with van der Waals surface area (Å²) in [7, 11) is -11.8. The molecule has 2 heterocycles. The number of hydrogen-bond donors (Lipinski definition) is 3. The van der Waals surface area contributed by atoms with Crippen molar-refractivity contribution < 1.29 is 46.0 Å². The average molecular weight is 1480 g/mol. The number of methoxy groups -OCH3 is 1. The van der Waals surface area contributed by atoms with E-state index >= 15 is 0 Å². The Morgan fingerprint density at radius 2 is 1.33 bits per heavy atom. The molecular weight excluding hydrogens is 1360 g/mol. The Kier molecular flexibility index (Phi) is 31.7. The number of nitrogens with one attached hydrogen (secondary N) is 2. The van der Waals surface area contributed by atoms with Gasteiger partial charge in [0.15, 0.2) is 16.5 Å². The third kappa shape index (κ3) is 24.5. The van der Waals surface area contributed by atoms with E-state index in [2.05, 4.69) is 124 Å². The molecule has 0 aromatic heterocycles. The molecule has 23 heteroatoms. The van der Waals surface area contributed by atoms with Crippen molar-refractivity contribution in [3.63, 3.8) is 0 Å². The van der Waals surface area contributed by atoms with Crippen molar-refractivity contribution in [1.29, 1.82) is 0 Å². The van der Waals surface area contributed by atoms with Crippen LogP contribution in [0.15, 0.2) is 147 Å². The van der Waals surface area contributed by atoms with Crippen LogP contribution in [0.3, 0.4) is 0 Å². The van der Waals surface area contributed by atoms with E-state index in [1.807, 2.05) is 99.6 Å². The Balaban J connectivity index is 0.000000323. The van der Waals surface area contributed by atoms with E-state index in [-0.39, 0.29) is 71.5 Å². The van der Waals surface area contributed by atoms with Crippen molar-refractivity contribution in [3.05, 3.63) is 167 Å². The Bertz CT molecular complexity index is 3660. The van der Waals surface area contributed by atoms with Crippen molar-refractivity contribution in [3.8, 4) is 5.75 Å². The summed E-state index contributed by atoms with van der Waals surface area (Å²) in [6.07, 6.45) is 13.0. The number of benzene rings is 4. The molecule has 99 heavy (non-hydrogen) atoms. The maximum Gasteiger partial charge on any atom is 0.420 e. The Morgan fingerprint density at radius 1 is 0.818 bits per heavy atom. The standard InChI is InChI=1S/C32H40ClN3O4S.2C21H36N2O3SSi.2CH4/c1-21-5-3-7-29(39-2)26-11-8-24(26)17-36-19-32(14-4-6-22-15-25(33)10-12-27(22)32)20-40-30-13-9-23(16-28(30)36)31(37)35-41(34,38)18-21;2*1-9-13-17(2)16-27(25,23-28(7,8)21(4,5)6)22-20(24)26-18(3)19-14-11-10-12-15-19;;/h3,7,9-10,12-13,15-16,21,24,26,29H,4-6,8,11,14,17-20H2,1-2H3,(H2,34,35,37,38);2*9-12,14-15,17-18H,1,13,16H2,2-8H3,(H,22,23,24,25);2*1H4/b7-3+;;;;/t21-,24-,26+,29-,32-,41?;2*17-,18-,27?;;/m000../s1. The lowest BCUT2D eigenvalue weighted by Crippen LogP contribution is -2.49. The lowest BCUT2D eigenvalue weighted by Gasteiger charge is -2.46. The molecule has 17 nitrogen and oxygen atoms in total. The van der Waals surface area contributed by atoms with E-state index < -0.39 is 76.5 Å². The molecule has 0 radical (unpaired) electrons. The SMILES string of the molecule is C.C.C=CC[C@H](C)CS(=O)(=N[Si](C)(C)C(C)(C)C)NC(=O)O[C@@H](C)c1ccccc1.C=CC[C@H](C)CS(=O)(=N[Si](C)(C)C(C)(C)C)NC(=O)O[C@@H](C)c1ccccc1.CO[C@H]1/C=C/C[C@H](C)CS(N)(=O)=NC(=O)c2ccc3c(c2)N(C[C@@H]2CC[C@H]21)C[C@@]1(CCCc2cc(Cl)ccc21)CO3. The van der Waals surface area contributed by atoms with Crippen LogP contribution in [-0.4, -0.2) is 97.4 Å². The second kappa shape index (κ2) is 36.5. The number of carbonyl (C=O) groups is 3. The molecular formula is C76H120ClN7O10S3Si2. The first-order valence-electron chi connectivity index (χ1n) is 34.1. The Labute approximate surface area is 604 Å². The zero-order valence-corrected chi connectivity index (χ0v) is 65.7. The molecule has 1 saturated carbocycles. The fourth-order valence-electron chi connectivity index (χ4n) is 12.2. The summed E-state index contributed by atoms with van der Waals surface area (Å²) < 4.78 is 82.8. The largest absolute Gasteiger partial charge is 0.490 e.